The van der Waals surface area contributed by atoms with Crippen molar-refractivity contribution in [2.45, 2.75) is 54.4 Å². The van der Waals surface area contributed by atoms with E-state index in [9.17, 15) is 9.59 Å². The minimum Gasteiger partial charge on any atom is -0.489 e. The van der Waals surface area contributed by atoms with Crippen LogP contribution in [0.2, 0.25) is 0 Å². The van der Waals surface area contributed by atoms with E-state index >= 15 is 0 Å². The maximum absolute atomic E-state index is 12.5. The third-order valence-corrected chi connectivity index (χ3v) is 4.77. The zero-order chi connectivity index (χ0) is 20.8. The summed E-state index contributed by atoms with van der Waals surface area (Å²) in [6.45, 7) is 13.0. The van der Waals surface area contributed by atoms with Gasteiger partial charge in [-0.05, 0) is 63.8 Å². The van der Waals surface area contributed by atoms with Crippen LogP contribution in [0.1, 0.15) is 50.8 Å². The Morgan fingerprint density at radius 3 is 2.57 bits per heavy atom. The maximum Gasteiger partial charge on any atom is 0.340 e. The molecule has 5 heteroatoms. The summed E-state index contributed by atoms with van der Waals surface area (Å²) in [6.07, 6.45) is 2.93. The van der Waals surface area contributed by atoms with Crippen molar-refractivity contribution in [2.75, 3.05) is 13.2 Å². The van der Waals surface area contributed by atoms with Crippen LogP contribution in [-0.2, 0) is 11.2 Å². The van der Waals surface area contributed by atoms with Crippen LogP contribution in [0.5, 0.6) is 5.75 Å². The van der Waals surface area contributed by atoms with Gasteiger partial charge in [-0.15, -0.1) is 0 Å². The molecule has 1 aromatic carbocycles. The van der Waals surface area contributed by atoms with Crippen molar-refractivity contribution in [1.29, 1.82) is 0 Å². The summed E-state index contributed by atoms with van der Waals surface area (Å²) < 4.78 is 11.4. The van der Waals surface area contributed by atoms with Crippen molar-refractivity contribution >= 4 is 16.9 Å². The molecule has 152 valence electrons. The van der Waals surface area contributed by atoms with Crippen molar-refractivity contribution in [3.05, 3.63) is 50.9 Å². The fourth-order valence-corrected chi connectivity index (χ4v) is 2.95. The lowest BCUT2D eigenvalue weighted by Gasteiger charge is -2.13. The van der Waals surface area contributed by atoms with Gasteiger partial charge in [0.2, 0.25) is 5.91 Å². The molecule has 1 N–H and O–H groups in total. The number of ether oxygens (including phenoxy) is 1. The van der Waals surface area contributed by atoms with Gasteiger partial charge in [0.05, 0.1) is 12.0 Å². The van der Waals surface area contributed by atoms with Gasteiger partial charge in [0.1, 0.15) is 17.9 Å². The van der Waals surface area contributed by atoms with Gasteiger partial charge < -0.3 is 14.5 Å². The third-order valence-electron chi connectivity index (χ3n) is 4.77. The Morgan fingerprint density at radius 2 is 1.93 bits per heavy atom. The Bertz CT molecular complexity index is 934. The monoisotopic (exact) mass is 385 g/mol. The summed E-state index contributed by atoms with van der Waals surface area (Å²) >= 11 is 0. The first-order valence-corrected chi connectivity index (χ1v) is 9.79. The van der Waals surface area contributed by atoms with Gasteiger partial charge in [0.15, 0.2) is 0 Å². The molecule has 1 heterocycles. The Labute approximate surface area is 166 Å². The molecule has 0 aliphatic heterocycles. The second-order valence-electron chi connectivity index (χ2n) is 7.86. The number of aryl methyl sites for hydroxylation is 2. The fourth-order valence-electron chi connectivity index (χ4n) is 2.95. The molecule has 0 aliphatic rings. The number of carbonyl (C=O) groups is 1. The van der Waals surface area contributed by atoms with Crippen molar-refractivity contribution in [3.8, 4) is 5.75 Å². The lowest BCUT2D eigenvalue weighted by atomic mass is 10.0. The van der Waals surface area contributed by atoms with Gasteiger partial charge in [-0.2, -0.15) is 0 Å². The van der Waals surface area contributed by atoms with E-state index < -0.39 is 5.63 Å². The first kappa shape index (κ1) is 21.7. The predicted molar refractivity (Wildman–Crippen MR) is 113 cm³/mol. The lowest BCUT2D eigenvalue weighted by molar-refractivity contribution is -0.120. The molecule has 0 saturated carbocycles. The molecule has 0 aliphatic carbocycles. The Hall–Kier alpha value is -2.56. The standard InChI is InChI=1S/C23H31NO4/c1-14(2)9-11-24-21(25)13-19-16(5)18-7-8-20(27-12-10-15(3)4)17(6)22(18)28-23(19)26/h7-8,10,14H,9,11-13H2,1-6H3,(H,24,25). The fraction of sp³-hybridized carbons (Fsp3) is 0.478. The largest absolute Gasteiger partial charge is 0.489 e. The predicted octanol–water partition coefficient (Wildman–Crippen LogP) is 4.46. The number of rotatable bonds is 8. The minimum atomic E-state index is -0.464. The van der Waals surface area contributed by atoms with Gasteiger partial charge in [-0.3, -0.25) is 4.79 Å². The highest BCUT2D eigenvalue weighted by Gasteiger charge is 2.17. The Kier molecular flexibility index (Phi) is 7.44. The number of hydrogen-bond donors (Lipinski definition) is 1. The number of benzene rings is 1. The van der Waals surface area contributed by atoms with Gasteiger partial charge >= 0.3 is 5.63 Å². The molecule has 0 radical (unpaired) electrons. The number of amides is 1. The summed E-state index contributed by atoms with van der Waals surface area (Å²) in [5, 5.41) is 3.70. The molecular weight excluding hydrogens is 354 g/mol. The molecular formula is C23H31NO4. The van der Waals surface area contributed by atoms with Gasteiger partial charge in [0, 0.05) is 17.5 Å². The van der Waals surface area contributed by atoms with E-state index in [-0.39, 0.29) is 12.3 Å². The number of allylic oxidation sites excluding steroid dienone is 1. The lowest BCUT2D eigenvalue weighted by Crippen LogP contribution is -2.29. The molecule has 0 bridgehead atoms. The van der Waals surface area contributed by atoms with E-state index in [1.807, 2.05) is 45.9 Å². The highest BCUT2D eigenvalue weighted by molar-refractivity contribution is 5.87. The van der Waals surface area contributed by atoms with Crippen LogP contribution < -0.4 is 15.7 Å². The molecule has 0 unspecified atom stereocenters. The molecule has 2 aromatic rings. The molecule has 28 heavy (non-hydrogen) atoms. The highest BCUT2D eigenvalue weighted by atomic mass is 16.5. The molecule has 1 aromatic heterocycles. The zero-order valence-corrected chi connectivity index (χ0v) is 17.8. The zero-order valence-electron chi connectivity index (χ0n) is 17.8. The summed E-state index contributed by atoms with van der Waals surface area (Å²) in [4.78, 5) is 24.8. The van der Waals surface area contributed by atoms with Crippen LogP contribution in [-0.4, -0.2) is 19.1 Å². The van der Waals surface area contributed by atoms with Gasteiger partial charge in [0.25, 0.3) is 0 Å². The average molecular weight is 386 g/mol. The molecule has 0 spiro atoms. The maximum atomic E-state index is 12.5. The van der Waals surface area contributed by atoms with Crippen molar-refractivity contribution < 1.29 is 13.9 Å². The smallest absolute Gasteiger partial charge is 0.340 e. The van der Waals surface area contributed by atoms with E-state index in [4.69, 9.17) is 9.15 Å². The summed E-state index contributed by atoms with van der Waals surface area (Å²) in [5.41, 5.74) is 3.20. The summed E-state index contributed by atoms with van der Waals surface area (Å²) in [7, 11) is 0. The van der Waals surface area contributed by atoms with Crippen molar-refractivity contribution in [1.82, 2.24) is 5.32 Å². The van der Waals surface area contributed by atoms with Crippen LogP contribution in [0.3, 0.4) is 0 Å². The van der Waals surface area contributed by atoms with E-state index in [1.165, 1.54) is 5.57 Å². The van der Waals surface area contributed by atoms with E-state index in [1.54, 1.807) is 0 Å². The summed E-state index contributed by atoms with van der Waals surface area (Å²) in [5.74, 6) is 1.05. The van der Waals surface area contributed by atoms with Gasteiger partial charge in [-0.1, -0.05) is 19.4 Å². The second kappa shape index (κ2) is 9.58. The van der Waals surface area contributed by atoms with Crippen LogP contribution in [0.25, 0.3) is 11.0 Å². The van der Waals surface area contributed by atoms with E-state index in [2.05, 4.69) is 19.2 Å². The average Bonchev–Trinajstić information content (AvgIpc) is 2.60. The van der Waals surface area contributed by atoms with Gasteiger partial charge in [-0.25, -0.2) is 4.79 Å². The number of nitrogens with one attached hydrogen (secondary N) is 1. The van der Waals surface area contributed by atoms with E-state index in [0.29, 0.717) is 36.0 Å². The number of hydrogen-bond acceptors (Lipinski definition) is 4. The normalized spacial score (nSPS) is 11.0. The third kappa shape index (κ3) is 5.47. The molecule has 5 nitrogen and oxygen atoms in total. The van der Waals surface area contributed by atoms with Crippen molar-refractivity contribution in [2.24, 2.45) is 5.92 Å². The molecule has 1 amide bonds. The second-order valence-corrected chi connectivity index (χ2v) is 7.86. The topological polar surface area (TPSA) is 68.5 Å². The number of carbonyl (C=O) groups excluding carboxylic acids is 1. The first-order chi connectivity index (χ1) is 13.2. The molecule has 2 rings (SSSR count). The highest BCUT2D eigenvalue weighted by Crippen LogP contribution is 2.29. The quantitative estimate of drug-likeness (QED) is 0.538. The molecule has 0 fully saturated rings. The minimum absolute atomic E-state index is 0.0278. The first-order valence-electron chi connectivity index (χ1n) is 9.79. The molecule has 0 saturated heterocycles. The van der Waals surface area contributed by atoms with Crippen LogP contribution in [0, 0.1) is 19.8 Å². The van der Waals surface area contributed by atoms with Crippen LogP contribution in [0.4, 0.5) is 0 Å². The number of fused-ring (bicyclic) bond motifs is 1. The van der Waals surface area contributed by atoms with Crippen LogP contribution >= 0.6 is 0 Å². The van der Waals surface area contributed by atoms with E-state index in [0.717, 1.165) is 22.9 Å². The summed E-state index contributed by atoms with van der Waals surface area (Å²) in [6, 6.07) is 3.77. The van der Waals surface area contributed by atoms with Crippen LogP contribution in [0.15, 0.2) is 33.0 Å². The molecule has 0 atom stereocenters. The Balaban J connectivity index is 2.27. The van der Waals surface area contributed by atoms with Crippen molar-refractivity contribution in [3.63, 3.8) is 0 Å². The SMILES string of the molecule is CC(C)=CCOc1ccc2c(C)c(CC(=O)NCCC(C)C)c(=O)oc2c1C. The Morgan fingerprint density at radius 1 is 1.21 bits per heavy atom.